The first-order valence-corrected chi connectivity index (χ1v) is 18.3. The molecule has 6 nitrogen and oxygen atoms in total. The minimum Gasteiger partial charge on any atom is -0.491 e. The van der Waals surface area contributed by atoms with Crippen LogP contribution in [0, 0.1) is 11.6 Å². The number of hydrogen-bond acceptors (Lipinski definition) is 6. The van der Waals surface area contributed by atoms with E-state index in [0.29, 0.717) is 55.1 Å². The van der Waals surface area contributed by atoms with Gasteiger partial charge in [-0.1, -0.05) is 58.2 Å². The molecule has 0 radical (unpaired) electrons. The Kier molecular flexibility index (Phi) is 15.8. The Morgan fingerprint density at radius 3 is 1.62 bits per heavy atom. The molecule has 1 aliphatic rings. The molecule has 0 heterocycles. The average Bonchev–Trinajstić information content (AvgIpc) is 3.12. The van der Waals surface area contributed by atoms with E-state index >= 15 is 0 Å². The second-order valence-electron chi connectivity index (χ2n) is 13.1. The van der Waals surface area contributed by atoms with E-state index in [9.17, 15) is 18.4 Å². The monoisotopic (exact) mass is 690 g/mol. The summed E-state index contributed by atoms with van der Waals surface area (Å²) in [6, 6.07) is 16.7. The molecule has 0 bridgehead atoms. The molecule has 0 amide bonds. The second kappa shape index (κ2) is 20.5. The fraction of sp³-hybridized carbons (Fsp3) is 0.476. The van der Waals surface area contributed by atoms with Crippen LogP contribution in [-0.4, -0.2) is 31.8 Å². The molecule has 0 aliphatic heterocycles. The summed E-state index contributed by atoms with van der Waals surface area (Å²) in [4.78, 5) is 24.5. The maximum Gasteiger partial charge on any atom is 0.343 e. The fourth-order valence-corrected chi connectivity index (χ4v) is 6.32. The summed E-state index contributed by atoms with van der Waals surface area (Å²) in [5.41, 5.74) is 2.62. The third-order valence-corrected chi connectivity index (χ3v) is 9.24. The predicted molar refractivity (Wildman–Crippen MR) is 192 cm³/mol. The highest BCUT2D eigenvalue weighted by Gasteiger charge is 2.25. The molecule has 3 aromatic carbocycles. The zero-order valence-corrected chi connectivity index (χ0v) is 29.7. The van der Waals surface area contributed by atoms with E-state index in [1.807, 2.05) is 19.1 Å². The standard InChI is InChI=1S/C42H52F2O6/c1-4-6-7-8-9-25-47-39-23-21-35(28-37(39)43)31-13-15-32(16-14-31)36-22-24-40(38(44)29-36)48-26-10-11-27-49-41(45)33-17-19-34(20-18-33)42(46)50-30(3)12-5-2/h17-24,28-29,31-32H,3-16,25-27H2,1-2H3. The first kappa shape index (κ1) is 38.6. The van der Waals surface area contributed by atoms with Crippen LogP contribution in [0.15, 0.2) is 73.0 Å². The van der Waals surface area contributed by atoms with E-state index in [4.69, 9.17) is 18.9 Å². The third kappa shape index (κ3) is 12.0. The van der Waals surface area contributed by atoms with E-state index in [-0.39, 0.29) is 35.8 Å². The summed E-state index contributed by atoms with van der Waals surface area (Å²) in [7, 11) is 0. The maximum atomic E-state index is 15.0. The molecule has 0 aromatic heterocycles. The van der Waals surface area contributed by atoms with Gasteiger partial charge in [0.1, 0.15) is 5.76 Å². The minimum atomic E-state index is -0.511. The zero-order chi connectivity index (χ0) is 35.7. The third-order valence-electron chi connectivity index (χ3n) is 9.24. The van der Waals surface area contributed by atoms with E-state index in [0.717, 1.165) is 56.1 Å². The maximum absolute atomic E-state index is 15.0. The minimum absolute atomic E-state index is 0.191. The van der Waals surface area contributed by atoms with Crippen LogP contribution in [0.2, 0.25) is 0 Å². The molecule has 0 spiro atoms. The molecule has 1 saturated carbocycles. The molecular weight excluding hydrogens is 638 g/mol. The number of halogens is 2. The van der Waals surface area contributed by atoms with E-state index in [2.05, 4.69) is 13.5 Å². The van der Waals surface area contributed by atoms with Gasteiger partial charge in [0.15, 0.2) is 23.1 Å². The Hall–Kier alpha value is -4.20. The van der Waals surface area contributed by atoms with Crippen LogP contribution in [-0.2, 0) is 9.47 Å². The zero-order valence-electron chi connectivity index (χ0n) is 29.7. The largest absolute Gasteiger partial charge is 0.491 e. The van der Waals surface area contributed by atoms with Gasteiger partial charge in [-0.3, -0.25) is 0 Å². The Bertz CT molecular complexity index is 1530. The van der Waals surface area contributed by atoms with E-state index in [1.54, 1.807) is 24.3 Å². The van der Waals surface area contributed by atoms with Crippen LogP contribution < -0.4 is 9.47 Å². The van der Waals surface area contributed by atoms with Crippen LogP contribution in [0.3, 0.4) is 0 Å². The van der Waals surface area contributed by atoms with Gasteiger partial charge in [-0.05, 0) is 123 Å². The summed E-state index contributed by atoms with van der Waals surface area (Å²) in [5.74, 6) is -0.216. The quantitative estimate of drug-likeness (QED) is 0.0668. The van der Waals surface area contributed by atoms with Crippen LogP contribution in [0.4, 0.5) is 8.78 Å². The number of allylic oxidation sites excluding steroid dienone is 1. The number of esters is 2. The Balaban J connectivity index is 1.13. The highest BCUT2D eigenvalue weighted by atomic mass is 19.1. The molecule has 1 fully saturated rings. The van der Waals surface area contributed by atoms with Crippen LogP contribution in [0.5, 0.6) is 11.5 Å². The van der Waals surface area contributed by atoms with Crippen molar-refractivity contribution in [2.45, 2.75) is 109 Å². The summed E-state index contributed by atoms with van der Waals surface area (Å²) in [6.45, 7) is 8.90. The Labute approximate surface area is 296 Å². The molecule has 50 heavy (non-hydrogen) atoms. The number of benzene rings is 3. The van der Waals surface area contributed by atoms with Crippen molar-refractivity contribution >= 4 is 11.9 Å². The van der Waals surface area contributed by atoms with Crippen molar-refractivity contribution < 1.29 is 37.3 Å². The van der Waals surface area contributed by atoms with Crippen molar-refractivity contribution in [3.63, 3.8) is 0 Å². The molecule has 270 valence electrons. The first-order valence-electron chi connectivity index (χ1n) is 18.3. The molecule has 0 atom stereocenters. The SMILES string of the molecule is C=C(CCC)OC(=O)c1ccc(C(=O)OCCCCOc2ccc(C3CCC(c4ccc(OCCCCCCC)c(F)c4)CC3)cc2F)cc1. The van der Waals surface area contributed by atoms with Gasteiger partial charge < -0.3 is 18.9 Å². The predicted octanol–water partition coefficient (Wildman–Crippen LogP) is 11.2. The van der Waals surface area contributed by atoms with Gasteiger partial charge in [0, 0.05) is 6.42 Å². The second-order valence-corrected chi connectivity index (χ2v) is 13.1. The van der Waals surface area contributed by atoms with Gasteiger partial charge >= 0.3 is 11.9 Å². The molecule has 0 N–H and O–H groups in total. The van der Waals surface area contributed by atoms with Gasteiger partial charge in [0.05, 0.1) is 30.9 Å². The lowest BCUT2D eigenvalue weighted by atomic mass is 9.76. The fourth-order valence-electron chi connectivity index (χ4n) is 6.32. The van der Waals surface area contributed by atoms with E-state index in [1.165, 1.54) is 43.5 Å². The van der Waals surface area contributed by atoms with Gasteiger partial charge in [-0.2, -0.15) is 0 Å². The number of unbranched alkanes of at least 4 members (excludes halogenated alkanes) is 5. The summed E-state index contributed by atoms with van der Waals surface area (Å²) in [5, 5.41) is 0. The van der Waals surface area contributed by atoms with Gasteiger partial charge in [-0.25, -0.2) is 18.4 Å². The molecular formula is C42H52F2O6. The lowest BCUT2D eigenvalue weighted by Gasteiger charge is -2.29. The van der Waals surface area contributed by atoms with Crippen molar-refractivity contribution in [1.29, 1.82) is 0 Å². The number of carbonyl (C=O) groups excluding carboxylic acids is 2. The normalized spacial score (nSPS) is 15.7. The molecule has 1 aliphatic carbocycles. The summed E-state index contributed by atoms with van der Waals surface area (Å²) in [6.07, 6.45) is 11.9. The van der Waals surface area contributed by atoms with Crippen LogP contribution >= 0.6 is 0 Å². The van der Waals surface area contributed by atoms with Gasteiger partial charge in [0.2, 0.25) is 0 Å². The summed E-state index contributed by atoms with van der Waals surface area (Å²) >= 11 is 0. The van der Waals surface area contributed by atoms with Crippen molar-refractivity contribution in [3.05, 3.63) is 107 Å². The van der Waals surface area contributed by atoms with Crippen molar-refractivity contribution in [1.82, 2.24) is 0 Å². The molecule has 8 heteroatoms. The smallest absolute Gasteiger partial charge is 0.343 e. The van der Waals surface area contributed by atoms with Gasteiger partial charge in [-0.15, -0.1) is 0 Å². The molecule has 3 aromatic rings. The van der Waals surface area contributed by atoms with Crippen molar-refractivity contribution in [3.8, 4) is 11.5 Å². The highest BCUT2D eigenvalue weighted by Crippen LogP contribution is 2.41. The number of rotatable bonds is 20. The summed E-state index contributed by atoms with van der Waals surface area (Å²) < 4.78 is 51.6. The Morgan fingerprint density at radius 2 is 1.12 bits per heavy atom. The number of carbonyl (C=O) groups is 2. The van der Waals surface area contributed by atoms with Gasteiger partial charge in [0.25, 0.3) is 0 Å². The highest BCUT2D eigenvalue weighted by molar-refractivity contribution is 5.93. The lowest BCUT2D eigenvalue weighted by molar-refractivity contribution is 0.0492. The topological polar surface area (TPSA) is 71.1 Å². The van der Waals surface area contributed by atoms with Crippen molar-refractivity contribution in [2.75, 3.05) is 19.8 Å². The van der Waals surface area contributed by atoms with Crippen LogP contribution in [0.1, 0.15) is 141 Å². The molecule has 0 saturated heterocycles. The lowest BCUT2D eigenvalue weighted by Crippen LogP contribution is -2.13. The van der Waals surface area contributed by atoms with Crippen LogP contribution in [0.25, 0.3) is 0 Å². The molecule has 4 rings (SSSR count). The number of hydrogen-bond donors (Lipinski definition) is 0. The first-order chi connectivity index (χ1) is 24.3. The Morgan fingerprint density at radius 1 is 0.640 bits per heavy atom. The van der Waals surface area contributed by atoms with E-state index < -0.39 is 11.9 Å². The average molecular weight is 691 g/mol. The number of ether oxygens (including phenoxy) is 4. The molecule has 0 unspecified atom stereocenters. The van der Waals surface area contributed by atoms with Crippen molar-refractivity contribution in [2.24, 2.45) is 0 Å².